The highest BCUT2D eigenvalue weighted by atomic mass is 35.5. The largest absolute Gasteiger partial charge is 0.399 e. The van der Waals surface area contributed by atoms with Crippen LogP contribution < -0.4 is 5.73 Å². The summed E-state index contributed by atoms with van der Waals surface area (Å²) in [5.74, 6) is 0.542. The van der Waals surface area contributed by atoms with Gasteiger partial charge >= 0.3 is 0 Å². The Bertz CT molecular complexity index is 397. The Kier molecular flexibility index (Phi) is 3.92. The maximum Gasteiger partial charge on any atom is 0.0589 e. The average Bonchev–Trinajstić information content (AvgIpc) is 2.64. The van der Waals surface area contributed by atoms with Crippen molar-refractivity contribution in [1.82, 2.24) is 4.90 Å². The fourth-order valence-corrected chi connectivity index (χ4v) is 2.69. The topological polar surface area (TPSA) is 49.5 Å². The van der Waals surface area contributed by atoms with E-state index in [-0.39, 0.29) is 12.6 Å². The van der Waals surface area contributed by atoms with Crippen molar-refractivity contribution in [2.75, 3.05) is 18.9 Å². The molecule has 0 bridgehead atoms. The number of nitrogen functional groups attached to an aromatic ring is 1. The van der Waals surface area contributed by atoms with E-state index in [4.69, 9.17) is 17.3 Å². The standard InChI is InChI=1S/C13H19ClN2O/c1-9-4-5-16(13(9)8-17)7-10-6-11(15)2-3-12(10)14/h2-3,6,9,13,17H,4-5,7-8,15H2,1H3. The summed E-state index contributed by atoms with van der Waals surface area (Å²) in [7, 11) is 0. The first-order valence-corrected chi connectivity index (χ1v) is 6.38. The zero-order valence-electron chi connectivity index (χ0n) is 10.1. The van der Waals surface area contributed by atoms with Crippen LogP contribution >= 0.6 is 11.6 Å². The van der Waals surface area contributed by atoms with Crippen molar-refractivity contribution >= 4 is 17.3 Å². The maximum atomic E-state index is 9.41. The highest BCUT2D eigenvalue weighted by Gasteiger charge is 2.30. The summed E-state index contributed by atoms with van der Waals surface area (Å²) in [4.78, 5) is 2.28. The van der Waals surface area contributed by atoms with Crippen LogP contribution in [0.4, 0.5) is 5.69 Å². The first-order chi connectivity index (χ1) is 8.11. The number of hydrogen-bond donors (Lipinski definition) is 2. The van der Waals surface area contributed by atoms with Gasteiger partial charge < -0.3 is 10.8 Å². The van der Waals surface area contributed by atoms with Crippen LogP contribution in [0.15, 0.2) is 18.2 Å². The second-order valence-corrected chi connectivity index (χ2v) is 5.24. The Morgan fingerprint density at radius 3 is 3.00 bits per heavy atom. The second-order valence-electron chi connectivity index (χ2n) is 4.84. The summed E-state index contributed by atoms with van der Waals surface area (Å²) in [6.07, 6.45) is 1.13. The predicted octanol–water partition coefficient (Wildman–Crippen LogP) is 2.12. The van der Waals surface area contributed by atoms with Crippen LogP contribution in [0.3, 0.4) is 0 Å². The molecule has 1 aromatic carbocycles. The molecule has 1 heterocycles. The van der Waals surface area contributed by atoms with E-state index in [0.29, 0.717) is 5.92 Å². The molecule has 0 aliphatic carbocycles. The number of aliphatic hydroxyl groups is 1. The van der Waals surface area contributed by atoms with Crippen molar-refractivity contribution < 1.29 is 5.11 Å². The number of rotatable bonds is 3. The fourth-order valence-electron chi connectivity index (χ4n) is 2.51. The second kappa shape index (κ2) is 5.25. The monoisotopic (exact) mass is 254 g/mol. The molecule has 1 fully saturated rings. The fraction of sp³-hybridized carbons (Fsp3) is 0.538. The van der Waals surface area contributed by atoms with E-state index in [1.165, 1.54) is 0 Å². The number of halogens is 1. The van der Waals surface area contributed by atoms with Crippen LogP contribution in [0.1, 0.15) is 18.9 Å². The smallest absolute Gasteiger partial charge is 0.0589 e. The van der Waals surface area contributed by atoms with Gasteiger partial charge in [0.25, 0.3) is 0 Å². The van der Waals surface area contributed by atoms with Crippen molar-refractivity contribution in [3.8, 4) is 0 Å². The van der Waals surface area contributed by atoms with Crippen molar-refractivity contribution in [1.29, 1.82) is 0 Å². The third kappa shape index (κ3) is 2.73. The minimum atomic E-state index is 0.209. The SMILES string of the molecule is CC1CCN(Cc2cc(N)ccc2Cl)C1CO. The molecule has 1 aliphatic heterocycles. The lowest BCUT2D eigenvalue weighted by atomic mass is 10.0. The molecule has 0 spiro atoms. The van der Waals surface area contributed by atoms with Gasteiger partial charge in [-0.05, 0) is 42.6 Å². The van der Waals surface area contributed by atoms with E-state index < -0.39 is 0 Å². The van der Waals surface area contributed by atoms with Gasteiger partial charge in [0.1, 0.15) is 0 Å². The molecule has 1 aliphatic rings. The maximum absolute atomic E-state index is 9.41. The Hall–Kier alpha value is -0.770. The van der Waals surface area contributed by atoms with E-state index in [1.54, 1.807) is 0 Å². The average molecular weight is 255 g/mol. The van der Waals surface area contributed by atoms with Gasteiger partial charge in [-0.15, -0.1) is 0 Å². The first kappa shape index (κ1) is 12.7. The van der Waals surface area contributed by atoms with Crippen LogP contribution in [0, 0.1) is 5.92 Å². The third-order valence-corrected chi connectivity index (χ3v) is 4.00. The van der Waals surface area contributed by atoms with Crippen molar-refractivity contribution in [3.05, 3.63) is 28.8 Å². The minimum absolute atomic E-state index is 0.209. The molecule has 1 saturated heterocycles. The number of aliphatic hydroxyl groups excluding tert-OH is 1. The lowest BCUT2D eigenvalue weighted by molar-refractivity contribution is 0.134. The van der Waals surface area contributed by atoms with Gasteiger partial charge in [0, 0.05) is 23.3 Å². The Morgan fingerprint density at radius 2 is 2.29 bits per heavy atom. The molecular weight excluding hydrogens is 236 g/mol. The third-order valence-electron chi connectivity index (χ3n) is 3.63. The molecule has 0 radical (unpaired) electrons. The van der Waals surface area contributed by atoms with Crippen LogP contribution in [0.2, 0.25) is 5.02 Å². The molecule has 2 unspecified atom stereocenters. The molecule has 1 aromatic rings. The number of benzene rings is 1. The Balaban J connectivity index is 2.12. The highest BCUT2D eigenvalue weighted by Crippen LogP contribution is 2.28. The lowest BCUT2D eigenvalue weighted by Crippen LogP contribution is -2.34. The minimum Gasteiger partial charge on any atom is -0.399 e. The van der Waals surface area contributed by atoms with Crippen LogP contribution in [0.5, 0.6) is 0 Å². The van der Waals surface area contributed by atoms with E-state index in [9.17, 15) is 5.11 Å². The normalized spacial score (nSPS) is 25.4. The van der Waals surface area contributed by atoms with Gasteiger partial charge in [-0.3, -0.25) is 4.90 Å². The van der Waals surface area contributed by atoms with Crippen LogP contribution in [-0.2, 0) is 6.54 Å². The van der Waals surface area contributed by atoms with E-state index in [1.807, 2.05) is 18.2 Å². The number of likely N-dealkylation sites (tertiary alicyclic amines) is 1. The van der Waals surface area contributed by atoms with E-state index >= 15 is 0 Å². The molecule has 4 heteroatoms. The summed E-state index contributed by atoms with van der Waals surface area (Å²) >= 11 is 6.16. The van der Waals surface area contributed by atoms with Crippen molar-refractivity contribution in [3.63, 3.8) is 0 Å². The molecule has 2 rings (SSSR count). The summed E-state index contributed by atoms with van der Waals surface area (Å²) in [6, 6.07) is 5.80. The summed E-state index contributed by atoms with van der Waals surface area (Å²) in [5.41, 5.74) is 7.54. The number of nitrogens with two attached hydrogens (primary N) is 1. The van der Waals surface area contributed by atoms with Gasteiger partial charge in [0.2, 0.25) is 0 Å². The van der Waals surface area contributed by atoms with Gasteiger partial charge in [-0.2, -0.15) is 0 Å². The molecule has 0 amide bonds. The molecule has 94 valence electrons. The molecular formula is C13H19ClN2O. The van der Waals surface area contributed by atoms with Gasteiger partial charge in [-0.1, -0.05) is 18.5 Å². The molecule has 3 nitrogen and oxygen atoms in total. The van der Waals surface area contributed by atoms with E-state index in [2.05, 4.69) is 11.8 Å². The van der Waals surface area contributed by atoms with E-state index in [0.717, 1.165) is 35.8 Å². The van der Waals surface area contributed by atoms with Crippen LogP contribution in [0.25, 0.3) is 0 Å². The van der Waals surface area contributed by atoms with Gasteiger partial charge in [0.05, 0.1) is 6.61 Å². The summed E-state index contributed by atoms with van der Waals surface area (Å²) < 4.78 is 0. The van der Waals surface area contributed by atoms with Gasteiger partial charge in [0.15, 0.2) is 0 Å². The number of hydrogen-bond acceptors (Lipinski definition) is 3. The summed E-state index contributed by atoms with van der Waals surface area (Å²) in [5, 5.41) is 10.2. The molecule has 0 saturated carbocycles. The highest BCUT2D eigenvalue weighted by molar-refractivity contribution is 6.31. The Morgan fingerprint density at radius 1 is 1.53 bits per heavy atom. The number of anilines is 1. The van der Waals surface area contributed by atoms with Crippen molar-refractivity contribution in [2.24, 2.45) is 5.92 Å². The first-order valence-electron chi connectivity index (χ1n) is 6.00. The molecule has 2 atom stereocenters. The van der Waals surface area contributed by atoms with Crippen LogP contribution in [-0.4, -0.2) is 29.2 Å². The van der Waals surface area contributed by atoms with Gasteiger partial charge in [-0.25, -0.2) is 0 Å². The van der Waals surface area contributed by atoms with Crippen molar-refractivity contribution in [2.45, 2.75) is 25.9 Å². The zero-order chi connectivity index (χ0) is 12.4. The summed E-state index contributed by atoms with van der Waals surface area (Å²) in [6.45, 7) is 4.17. The lowest BCUT2D eigenvalue weighted by Gasteiger charge is -2.25. The quantitative estimate of drug-likeness (QED) is 0.813. The number of nitrogens with zero attached hydrogens (tertiary/aromatic N) is 1. The predicted molar refractivity (Wildman–Crippen MR) is 70.9 cm³/mol. The molecule has 3 N–H and O–H groups in total. The zero-order valence-corrected chi connectivity index (χ0v) is 10.8. The molecule has 17 heavy (non-hydrogen) atoms. The Labute approximate surface area is 107 Å². The molecule has 0 aromatic heterocycles.